The molecule has 26 heavy (non-hydrogen) atoms. The minimum atomic E-state index is -0.809. The van der Waals surface area contributed by atoms with Crippen LogP contribution in [0.25, 0.3) is 0 Å². The summed E-state index contributed by atoms with van der Waals surface area (Å²) in [7, 11) is 0. The maximum absolute atomic E-state index is 13.1. The van der Waals surface area contributed by atoms with Crippen molar-refractivity contribution in [1.82, 2.24) is 4.90 Å². The Morgan fingerprint density at radius 2 is 2.15 bits per heavy atom. The van der Waals surface area contributed by atoms with E-state index in [9.17, 15) is 9.90 Å². The number of nitrogens with zero attached hydrogens (tertiary/aromatic N) is 1. The molecule has 3 heterocycles. The lowest BCUT2D eigenvalue weighted by Crippen LogP contribution is -2.69. The molecule has 0 aromatic heterocycles. The molecule has 0 aliphatic carbocycles. The van der Waals surface area contributed by atoms with Gasteiger partial charge < -0.3 is 24.8 Å². The Kier molecular flexibility index (Phi) is 4.86. The van der Waals surface area contributed by atoms with Crippen LogP contribution >= 0.6 is 11.6 Å². The predicted octanol–water partition coefficient (Wildman–Crippen LogP) is 2.67. The minimum absolute atomic E-state index is 0.0179. The lowest BCUT2D eigenvalue weighted by molar-refractivity contribution is -0.211. The molecular weight excluding hydrogens is 356 g/mol. The summed E-state index contributed by atoms with van der Waals surface area (Å²) in [6, 6.07) is 5.26. The van der Waals surface area contributed by atoms with E-state index in [1.807, 2.05) is 24.0 Å². The molecule has 3 fully saturated rings. The lowest BCUT2D eigenvalue weighted by atomic mass is 9.66. The van der Waals surface area contributed by atoms with Crippen LogP contribution in [-0.2, 0) is 9.47 Å². The monoisotopic (exact) mass is 380 g/mol. The molecule has 0 spiro atoms. The first-order valence-electron chi connectivity index (χ1n) is 9.20. The average molecular weight is 381 g/mol. The van der Waals surface area contributed by atoms with E-state index >= 15 is 0 Å². The van der Waals surface area contributed by atoms with Gasteiger partial charge in [-0.3, -0.25) is 0 Å². The Morgan fingerprint density at radius 3 is 2.96 bits per heavy atom. The van der Waals surface area contributed by atoms with Crippen molar-refractivity contribution in [1.29, 1.82) is 0 Å². The number of urea groups is 1. The van der Waals surface area contributed by atoms with Gasteiger partial charge in [-0.15, -0.1) is 0 Å². The number of carbonyl (C=O) groups is 1. The smallest absolute Gasteiger partial charge is 0.322 e. The van der Waals surface area contributed by atoms with Crippen molar-refractivity contribution < 1.29 is 19.4 Å². The van der Waals surface area contributed by atoms with Gasteiger partial charge in [0.25, 0.3) is 0 Å². The van der Waals surface area contributed by atoms with Crippen molar-refractivity contribution >= 4 is 23.3 Å². The van der Waals surface area contributed by atoms with Gasteiger partial charge in [-0.1, -0.05) is 11.6 Å². The van der Waals surface area contributed by atoms with Crippen LogP contribution in [0, 0.1) is 18.8 Å². The highest BCUT2D eigenvalue weighted by molar-refractivity contribution is 6.30. The fourth-order valence-electron chi connectivity index (χ4n) is 4.65. The Bertz CT molecular complexity index is 700. The van der Waals surface area contributed by atoms with Crippen LogP contribution in [0.15, 0.2) is 18.2 Å². The Balaban J connectivity index is 1.57. The first-order chi connectivity index (χ1) is 12.5. The number of rotatable bonds is 1. The number of ether oxygens (including phenoxy) is 2. The van der Waals surface area contributed by atoms with Crippen LogP contribution in [0.1, 0.15) is 18.4 Å². The number of carbonyl (C=O) groups excluding carboxylic acids is 1. The fraction of sp³-hybridized carbons (Fsp3) is 0.632. The molecule has 4 rings (SSSR count). The van der Waals surface area contributed by atoms with Gasteiger partial charge in [0.1, 0.15) is 0 Å². The zero-order chi connectivity index (χ0) is 18.3. The van der Waals surface area contributed by atoms with Gasteiger partial charge in [0, 0.05) is 54.8 Å². The summed E-state index contributed by atoms with van der Waals surface area (Å²) >= 11 is 6.01. The topological polar surface area (TPSA) is 71.0 Å². The molecular formula is C19H25ClN2O4. The molecule has 0 radical (unpaired) electrons. The first kappa shape index (κ1) is 18.0. The van der Waals surface area contributed by atoms with Crippen molar-refractivity contribution in [2.24, 2.45) is 11.8 Å². The maximum atomic E-state index is 13.1. The average Bonchev–Trinajstić information content (AvgIpc) is 2.63. The summed E-state index contributed by atoms with van der Waals surface area (Å²) < 4.78 is 11.2. The third-order valence-corrected chi connectivity index (χ3v) is 6.38. The van der Waals surface area contributed by atoms with Gasteiger partial charge in [0.15, 0.2) is 0 Å². The van der Waals surface area contributed by atoms with E-state index in [0.717, 1.165) is 17.7 Å². The summed E-state index contributed by atoms with van der Waals surface area (Å²) in [6.45, 7) is 4.55. The Hall–Kier alpha value is -1.34. The number of amides is 2. The van der Waals surface area contributed by atoms with E-state index in [1.165, 1.54) is 0 Å². The fourth-order valence-corrected chi connectivity index (χ4v) is 4.87. The van der Waals surface area contributed by atoms with Gasteiger partial charge >= 0.3 is 6.03 Å². The van der Waals surface area contributed by atoms with Crippen molar-refractivity contribution in [2.45, 2.75) is 31.4 Å². The van der Waals surface area contributed by atoms with Crippen LogP contribution in [0.3, 0.4) is 0 Å². The largest absolute Gasteiger partial charge is 0.389 e. The molecule has 2 N–H and O–H groups in total. The summed E-state index contributed by atoms with van der Waals surface area (Å²) in [5.74, 6) is -0.160. The van der Waals surface area contributed by atoms with Crippen molar-refractivity contribution in [3.05, 3.63) is 28.8 Å². The second kappa shape index (κ2) is 7.00. The number of fused-ring (bicyclic) bond motifs is 3. The molecule has 0 saturated carbocycles. The van der Waals surface area contributed by atoms with E-state index in [4.69, 9.17) is 21.1 Å². The molecule has 3 saturated heterocycles. The summed E-state index contributed by atoms with van der Waals surface area (Å²) in [5.41, 5.74) is 0.865. The number of likely N-dealkylation sites (tertiary alicyclic amines) is 1. The third-order valence-electron chi connectivity index (χ3n) is 6.14. The van der Waals surface area contributed by atoms with Gasteiger partial charge in [0.05, 0.1) is 18.8 Å². The molecule has 4 atom stereocenters. The highest BCUT2D eigenvalue weighted by Crippen LogP contribution is 2.44. The molecule has 1 aromatic rings. The molecule has 7 heteroatoms. The van der Waals surface area contributed by atoms with Gasteiger partial charge in [-0.05, 0) is 37.1 Å². The highest BCUT2D eigenvalue weighted by atomic mass is 35.5. The van der Waals surface area contributed by atoms with Gasteiger partial charge in [-0.2, -0.15) is 0 Å². The highest BCUT2D eigenvalue weighted by Gasteiger charge is 2.56. The summed E-state index contributed by atoms with van der Waals surface area (Å²) in [6.07, 6.45) is 1.35. The number of hydrogen-bond donors (Lipinski definition) is 2. The zero-order valence-corrected chi connectivity index (χ0v) is 15.7. The third kappa shape index (κ3) is 3.09. The molecule has 142 valence electrons. The summed E-state index contributed by atoms with van der Waals surface area (Å²) in [5, 5.41) is 15.0. The van der Waals surface area contributed by atoms with Crippen molar-refractivity contribution in [2.75, 3.05) is 38.3 Å². The zero-order valence-electron chi connectivity index (χ0n) is 14.9. The second-order valence-corrected chi connectivity index (χ2v) is 8.03. The number of anilines is 1. The number of nitrogens with one attached hydrogen (secondary N) is 1. The van der Waals surface area contributed by atoms with Crippen molar-refractivity contribution in [3.8, 4) is 0 Å². The first-order valence-corrected chi connectivity index (χ1v) is 9.58. The Labute approximate surface area is 158 Å². The quantitative estimate of drug-likeness (QED) is 0.785. The van der Waals surface area contributed by atoms with Crippen LogP contribution in [-0.4, -0.2) is 60.7 Å². The lowest BCUT2D eigenvalue weighted by Gasteiger charge is -2.56. The standard InChI is InChI=1S/C19H25ClN2O4/c1-12-8-14(20)2-3-16(12)21-18(23)22-9-13-10-26-7-5-19(13,24)15-11-25-6-4-17(15)22/h2-3,8,13,15,17,24H,4-7,9-11H2,1H3,(H,21,23)/t13-,15+,17+,19-/m0/s1. The number of benzene rings is 1. The number of hydrogen-bond acceptors (Lipinski definition) is 4. The molecule has 3 aliphatic rings. The maximum Gasteiger partial charge on any atom is 0.322 e. The number of aryl methyl sites for hydroxylation is 1. The Morgan fingerprint density at radius 1 is 1.35 bits per heavy atom. The molecule has 6 nitrogen and oxygen atoms in total. The number of aliphatic hydroxyl groups is 1. The summed E-state index contributed by atoms with van der Waals surface area (Å²) in [4.78, 5) is 14.9. The second-order valence-electron chi connectivity index (χ2n) is 7.59. The van der Waals surface area contributed by atoms with Crippen LogP contribution < -0.4 is 5.32 Å². The van der Waals surface area contributed by atoms with E-state index in [1.54, 1.807) is 6.07 Å². The molecule has 0 unspecified atom stereocenters. The molecule has 3 aliphatic heterocycles. The van der Waals surface area contributed by atoms with Crippen LogP contribution in [0.2, 0.25) is 5.02 Å². The number of halogens is 1. The van der Waals surface area contributed by atoms with Crippen LogP contribution in [0.5, 0.6) is 0 Å². The predicted molar refractivity (Wildman–Crippen MR) is 98.5 cm³/mol. The normalized spacial score (nSPS) is 34.0. The van der Waals surface area contributed by atoms with Crippen LogP contribution in [0.4, 0.5) is 10.5 Å². The van der Waals surface area contributed by atoms with Crippen molar-refractivity contribution in [3.63, 3.8) is 0 Å². The molecule has 2 amide bonds. The van der Waals surface area contributed by atoms with Gasteiger partial charge in [-0.25, -0.2) is 4.79 Å². The minimum Gasteiger partial charge on any atom is -0.389 e. The van der Waals surface area contributed by atoms with E-state index in [-0.39, 0.29) is 23.9 Å². The number of piperidine rings is 1. The van der Waals surface area contributed by atoms with E-state index in [2.05, 4.69) is 5.32 Å². The van der Waals surface area contributed by atoms with E-state index in [0.29, 0.717) is 44.4 Å². The van der Waals surface area contributed by atoms with E-state index < -0.39 is 5.60 Å². The SMILES string of the molecule is Cc1cc(Cl)ccc1NC(=O)N1C[C@H]2COCC[C@@]2(O)[C@@H]2COCC[C@H]21. The molecule has 1 aromatic carbocycles. The van der Waals surface area contributed by atoms with Gasteiger partial charge in [0.2, 0.25) is 0 Å². The molecule has 0 bridgehead atoms.